The molecule has 2 aromatic heterocycles. The number of aromatic amines is 1. The Kier molecular flexibility index (Phi) is 3.12. The molecule has 112 valence electrons. The van der Waals surface area contributed by atoms with Crippen LogP contribution in [-0.2, 0) is 0 Å². The Morgan fingerprint density at radius 3 is 2.48 bits per heavy atom. The van der Waals surface area contributed by atoms with Gasteiger partial charge in [0, 0.05) is 0 Å². The fraction of sp³-hybridized carbons (Fsp3) is 0. The number of imidazole rings is 1. The predicted molar refractivity (Wildman–Crippen MR) is 86.0 cm³/mol. The fourth-order valence-corrected chi connectivity index (χ4v) is 2.39. The second-order valence-electron chi connectivity index (χ2n) is 4.93. The van der Waals surface area contributed by atoms with E-state index >= 15 is 0 Å². The summed E-state index contributed by atoms with van der Waals surface area (Å²) >= 11 is 0. The standard InChI is InChI=1S/C17H12N4O2/c22-17-20-16-15(10-18-11-19-16)21(17)12-6-8-14(9-7-12)23-13-4-2-1-3-5-13/h1-11H,(H,18,19,20,22). The average molecular weight is 304 g/mol. The number of H-pyrrole nitrogens is 1. The molecule has 0 bridgehead atoms. The van der Waals surface area contributed by atoms with Gasteiger partial charge in [0.1, 0.15) is 23.3 Å². The lowest BCUT2D eigenvalue weighted by molar-refractivity contribution is 0.482. The summed E-state index contributed by atoms with van der Waals surface area (Å²) in [6, 6.07) is 16.8. The highest BCUT2D eigenvalue weighted by atomic mass is 16.5. The number of aromatic nitrogens is 4. The monoisotopic (exact) mass is 304 g/mol. The highest BCUT2D eigenvalue weighted by Crippen LogP contribution is 2.22. The van der Waals surface area contributed by atoms with Crippen molar-refractivity contribution in [3.8, 4) is 17.2 Å². The predicted octanol–water partition coefficient (Wildman–Crippen LogP) is 2.90. The molecule has 4 rings (SSSR count). The maximum absolute atomic E-state index is 12.1. The lowest BCUT2D eigenvalue weighted by atomic mass is 10.3. The van der Waals surface area contributed by atoms with Crippen LogP contribution < -0.4 is 10.4 Å². The summed E-state index contributed by atoms with van der Waals surface area (Å²) in [6.45, 7) is 0. The van der Waals surface area contributed by atoms with Crippen molar-refractivity contribution in [2.24, 2.45) is 0 Å². The molecule has 0 fully saturated rings. The maximum Gasteiger partial charge on any atom is 0.332 e. The summed E-state index contributed by atoms with van der Waals surface area (Å²) in [7, 11) is 0. The van der Waals surface area contributed by atoms with Crippen molar-refractivity contribution in [1.29, 1.82) is 0 Å². The molecule has 23 heavy (non-hydrogen) atoms. The molecule has 2 aromatic carbocycles. The second kappa shape index (κ2) is 5.42. The molecule has 0 saturated heterocycles. The normalized spacial score (nSPS) is 10.8. The van der Waals surface area contributed by atoms with E-state index < -0.39 is 0 Å². The first-order valence-electron chi connectivity index (χ1n) is 7.05. The van der Waals surface area contributed by atoms with Crippen LogP contribution in [0.4, 0.5) is 0 Å². The van der Waals surface area contributed by atoms with Crippen molar-refractivity contribution in [3.05, 3.63) is 77.6 Å². The van der Waals surface area contributed by atoms with Gasteiger partial charge in [0.15, 0.2) is 5.65 Å². The topological polar surface area (TPSA) is 72.8 Å². The van der Waals surface area contributed by atoms with Crippen LogP contribution >= 0.6 is 0 Å². The number of fused-ring (bicyclic) bond motifs is 1. The summed E-state index contributed by atoms with van der Waals surface area (Å²) in [6.07, 6.45) is 3.01. The number of ether oxygens (including phenoxy) is 1. The molecular weight excluding hydrogens is 292 g/mol. The van der Waals surface area contributed by atoms with E-state index in [0.717, 1.165) is 11.4 Å². The minimum atomic E-state index is -0.253. The van der Waals surface area contributed by atoms with Crippen LogP contribution in [0.3, 0.4) is 0 Å². The summed E-state index contributed by atoms with van der Waals surface area (Å²) in [5.41, 5.74) is 1.61. The highest BCUT2D eigenvalue weighted by molar-refractivity contribution is 5.71. The number of hydrogen-bond acceptors (Lipinski definition) is 4. The van der Waals surface area contributed by atoms with Crippen molar-refractivity contribution in [2.75, 3.05) is 0 Å². The Morgan fingerprint density at radius 2 is 1.70 bits per heavy atom. The van der Waals surface area contributed by atoms with E-state index in [1.54, 1.807) is 6.20 Å². The maximum atomic E-state index is 12.1. The third-order valence-corrected chi connectivity index (χ3v) is 3.44. The molecule has 0 atom stereocenters. The zero-order chi connectivity index (χ0) is 15.6. The molecule has 0 unspecified atom stereocenters. The summed E-state index contributed by atoms with van der Waals surface area (Å²) in [5.74, 6) is 1.46. The van der Waals surface area contributed by atoms with Gasteiger partial charge >= 0.3 is 5.69 Å². The van der Waals surface area contributed by atoms with Gasteiger partial charge in [-0.1, -0.05) is 18.2 Å². The van der Waals surface area contributed by atoms with Crippen molar-refractivity contribution in [3.63, 3.8) is 0 Å². The van der Waals surface area contributed by atoms with Crippen molar-refractivity contribution in [2.45, 2.75) is 0 Å². The molecule has 0 aliphatic heterocycles. The Bertz CT molecular complexity index is 1000. The number of hydrogen-bond donors (Lipinski definition) is 1. The fourth-order valence-electron chi connectivity index (χ4n) is 2.39. The summed E-state index contributed by atoms with van der Waals surface area (Å²) in [5, 5.41) is 0. The van der Waals surface area contributed by atoms with E-state index in [1.807, 2.05) is 54.6 Å². The molecule has 0 radical (unpaired) electrons. The molecule has 2 heterocycles. The largest absolute Gasteiger partial charge is 0.457 e. The van der Waals surface area contributed by atoms with Gasteiger partial charge < -0.3 is 4.74 Å². The van der Waals surface area contributed by atoms with Gasteiger partial charge in [-0.3, -0.25) is 9.55 Å². The van der Waals surface area contributed by atoms with Gasteiger partial charge in [-0.25, -0.2) is 14.8 Å². The Hall–Kier alpha value is -3.41. The summed E-state index contributed by atoms with van der Waals surface area (Å²) in [4.78, 5) is 22.8. The molecule has 0 aliphatic rings. The SMILES string of the molecule is O=c1[nH]c2ncncc2n1-c1ccc(Oc2ccccc2)cc1. The highest BCUT2D eigenvalue weighted by Gasteiger charge is 2.09. The molecule has 6 nitrogen and oxygen atoms in total. The van der Waals surface area contributed by atoms with Crippen LogP contribution in [0, 0.1) is 0 Å². The van der Waals surface area contributed by atoms with Gasteiger partial charge in [-0.05, 0) is 36.4 Å². The first-order chi connectivity index (χ1) is 11.3. The molecule has 6 heteroatoms. The quantitative estimate of drug-likeness (QED) is 0.631. The minimum Gasteiger partial charge on any atom is -0.457 e. The first kappa shape index (κ1) is 13.3. The zero-order valence-electron chi connectivity index (χ0n) is 12.0. The Balaban J connectivity index is 1.70. The first-order valence-corrected chi connectivity index (χ1v) is 7.05. The third kappa shape index (κ3) is 2.46. The van der Waals surface area contributed by atoms with Crippen LogP contribution in [0.15, 0.2) is 71.9 Å². The van der Waals surface area contributed by atoms with Crippen molar-refractivity contribution < 1.29 is 4.74 Å². The van der Waals surface area contributed by atoms with Gasteiger partial charge in [0.25, 0.3) is 0 Å². The van der Waals surface area contributed by atoms with E-state index in [2.05, 4.69) is 15.0 Å². The van der Waals surface area contributed by atoms with Crippen LogP contribution in [0.1, 0.15) is 0 Å². The lowest BCUT2D eigenvalue weighted by Crippen LogP contribution is -2.14. The van der Waals surface area contributed by atoms with Gasteiger partial charge in [-0.2, -0.15) is 0 Å². The van der Waals surface area contributed by atoms with E-state index in [-0.39, 0.29) is 5.69 Å². The van der Waals surface area contributed by atoms with E-state index in [4.69, 9.17) is 4.74 Å². The Labute approximate surface area is 131 Å². The van der Waals surface area contributed by atoms with Gasteiger partial charge in [0.05, 0.1) is 11.9 Å². The Morgan fingerprint density at radius 1 is 0.957 bits per heavy atom. The average Bonchev–Trinajstić information content (AvgIpc) is 2.92. The molecule has 0 aliphatic carbocycles. The zero-order valence-corrected chi connectivity index (χ0v) is 12.0. The second-order valence-corrected chi connectivity index (χ2v) is 4.93. The smallest absolute Gasteiger partial charge is 0.332 e. The number of nitrogens with zero attached hydrogens (tertiary/aromatic N) is 3. The van der Waals surface area contributed by atoms with E-state index in [1.165, 1.54) is 10.9 Å². The molecular formula is C17H12N4O2. The van der Waals surface area contributed by atoms with Crippen LogP contribution in [0.5, 0.6) is 11.5 Å². The van der Waals surface area contributed by atoms with Crippen LogP contribution in [-0.4, -0.2) is 19.5 Å². The lowest BCUT2D eigenvalue weighted by Gasteiger charge is -2.07. The van der Waals surface area contributed by atoms with E-state index in [9.17, 15) is 4.79 Å². The number of para-hydroxylation sites is 1. The summed E-state index contributed by atoms with van der Waals surface area (Å²) < 4.78 is 7.28. The van der Waals surface area contributed by atoms with E-state index in [0.29, 0.717) is 16.9 Å². The third-order valence-electron chi connectivity index (χ3n) is 3.44. The van der Waals surface area contributed by atoms with Gasteiger partial charge in [0.2, 0.25) is 0 Å². The van der Waals surface area contributed by atoms with Crippen molar-refractivity contribution >= 4 is 11.2 Å². The van der Waals surface area contributed by atoms with Gasteiger partial charge in [-0.15, -0.1) is 0 Å². The van der Waals surface area contributed by atoms with Crippen LogP contribution in [0.25, 0.3) is 16.9 Å². The van der Waals surface area contributed by atoms with Crippen LogP contribution in [0.2, 0.25) is 0 Å². The molecule has 1 N–H and O–H groups in total. The number of benzene rings is 2. The molecule has 0 spiro atoms. The number of rotatable bonds is 3. The van der Waals surface area contributed by atoms with Crippen molar-refractivity contribution in [1.82, 2.24) is 19.5 Å². The minimum absolute atomic E-state index is 0.253. The molecule has 0 saturated carbocycles. The molecule has 0 amide bonds. The molecule has 4 aromatic rings. The number of nitrogens with one attached hydrogen (secondary N) is 1.